The van der Waals surface area contributed by atoms with Crippen molar-refractivity contribution >= 4 is 0 Å². The van der Waals surface area contributed by atoms with Crippen LogP contribution < -0.4 is 0 Å². The number of fused-ring (bicyclic) bond motifs is 3. The van der Waals surface area contributed by atoms with Crippen LogP contribution in [0.5, 0.6) is 5.75 Å². The number of rotatable bonds is 0. The Balaban J connectivity index is 1.61. The average Bonchev–Trinajstić information content (AvgIpc) is 2.72. The van der Waals surface area contributed by atoms with Gasteiger partial charge in [-0.05, 0) is 91.9 Å². The highest BCUT2D eigenvalue weighted by Crippen LogP contribution is 2.75. The summed E-state index contributed by atoms with van der Waals surface area (Å²) in [5.74, 6) is 1.54. The highest BCUT2D eigenvalue weighted by atomic mass is 16.3. The molecule has 0 aliphatic heterocycles. The van der Waals surface area contributed by atoms with E-state index in [4.69, 9.17) is 0 Å². The molecule has 5 rings (SSSR count). The van der Waals surface area contributed by atoms with Crippen molar-refractivity contribution in [2.75, 3.05) is 0 Å². The molecule has 0 saturated heterocycles. The van der Waals surface area contributed by atoms with Crippen LogP contribution in [0.3, 0.4) is 0 Å². The van der Waals surface area contributed by atoms with Crippen LogP contribution in [0.25, 0.3) is 0 Å². The maximum atomic E-state index is 11.4. The molecule has 0 amide bonds. The number of aromatic hydroxyl groups is 1. The van der Waals surface area contributed by atoms with Crippen LogP contribution in [0.4, 0.5) is 0 Å². The zero-order valence-corrected chi connectivity index (χ0v) is 14.5. The van der Waals surface area contributed by atoms with Crippen molar-refractivity contribution in [1.82, 2.24) is 0 Å². The third-order valence-electron chi connectivity index (χ3n) is 8.82. The van der Waals surface area contributed by atoms with Crippen molar-refractivity contribution in [1.29, 1.82) is 0 Å². The molecule has 0 unspecified atom stereocenters. The number of benzene rings is 1. The Morgan fingerprint density at radius 1 is 1.04 bits per heavy atom. The van der Waals surface area contributed by atoms with Gasteiger partial charge in [0, 0.05) is 5.41 Å². The normalized spacial score (nSPS) is 49.2. The second-order valence-electron chi connectivity index (χ2n) is 9.14. The topological polar surface area (TPSA) is 60.7 Å². The summed E-state index contributed by atoms with van der Waals surface area (Å²) in [7, 11) is 0. The van der Waals surface area contributed by atoms with E-state index in [0.717, 1.165) is 51.4 Å². The van der Waals surface area contributed by atoms with Crippen molar-refractivity contribution in [2.45, 2.75) is 75.9 Å². The molecule has 1 aromatic carbocycles. The summed E-state index contributed by atoms with van der Waals surface area (Å²) in [4.78, 5) is 0. The summed E-state index contributed by atoms with van der Waals surface area (Å²) in [6.45, 7) is 2.27. The molecule has 3 fully saturated rings. The molecule has 6 atom stereocenters. The van der Waals surface area contributed by atoms with E-state index in [1.165, 1.54) is 11.1 Å². The average molecular weight is 328 g/mol. The van der Waals surface area contributed by atoms with Crippen LogP contribution in [0.1, 0.15) is 68.9 Å². The fourth-order valence-electron chi connectivity index (χ4n) is 7.57. The molecule has 4 aliphatic carbocycles. The van der Waals surface area contributed by atoms with Crippen molar-refractivity contribution in [2.24, 2.45) is 16.7 Å². The first kappa shape index (κ1) is 15.2. The lowest BCUT2D eigenvalue weighted by molar-refractivity contribution is -0.224. The maximum absolute atomic E-state index is 11.4. The lowest BCUT2D eigenvalue weighted by Gasteiger charge is -2.64. The number of phenolic OH excluding ortho intramolecular Hbond substituents is 1. The monoisotopic (exact) mass is 328 g/mol. The predicted octanol–water partition coefficient (Wildman–Crippen LogP) is 3.50. The minimum Gasteiger partial charge on any atom is -0.508 e. The molecule has 2 bridgehead atoms. The first-order valence-electron chi connectivity index (χ1n) is 9.64. The van der Waals surface area contributed by atoms with Crippen LogP contribution in [-0.4, -0.2) is 27.0 Å². The Morgan fingerprint density at radius 2 is 1.88 bits per heavy atom. The summed E-state index contributed by atoms with van der Waals surface area (Å²) in [6, 6.07) is 5.93. The smallest absolute Gasteiger partial charge is 0.115 e. The Hall–Kier alpha value is -1.06. The van der Waals surface area contributed by atoms with Gasteiger partial charge in [0.15, 0.2) is 0 Å². The number of aliphatic hydroxyl groups is 2. The molecule has 3 heteroatoms. The van der Waals surface area contributed by atoms with Crippen LogP contribution >= 0.6 is 0 Å². The van der Waals surface area contributed by atoms with E-state index in [9.17, 15) is 15.3 Å². The Morgan fingerprint density at radius 3 is 2.71 bits per heavy atom. The maximum Gasteiger partial charge on any atom is 0.115 e. The third kappa shape index (κ3) is 1.52. The van der Waals surface area contributed by atoms with Gasteiger partial charge in [0.25, 0.3) is 0 Å². The summed E-state index contributed by atoms with van der Waals surface area (Å²) in [5.41, 5.74) is 1.90. The van der Waals surface area contributed by atoms with Gasteiger partial charge in [-0.25, -0.2) is 0 Å². The molecule has 0 radical (unpaired) electrons. The molecule has 3 N–H and O–H groups in total. The van der Waals surface area contributed by atoms with E-state index in [1.54, 1.807) is 0 Å². The van der Waals surface area contributed by atoms with Gasteiger partial charge in [-0.3, -0.25) is 0 Å². The second-order valence-corrected chi connectivity index (χ2v) is 9.14. The van der Waals surface area contributed by atoms with Crippen molar-refractivity contribution in [3.8, 4) is 5.75 Å². The number of hydrogen-bond donors (Lipinski definition) is 3. The molecule has 24 heavy (non-hydrogen) atoms. The summed E-state index contributed by atoms with van der Waals surface area (Å²) >= 11 is 0. The first-order chi connectivity index (χ1) is 11.4. The van der Waals surface area contributed by atoms with Crippen LogP contribution in [0.15, 0.2) is 18.2 Å². The van der Waals surface area contributed by atoms with E-state index in [2.05, 4.69) is 13.0 Å². The van der Waals surface area contributed by atoms with E-state index < -0.39 is 11.7 Å². The Kier molecular flexibility index (Phi) is 2.89. The summed E-state index contributed by atoms with van der Waals surface area (Å²) in [6.07, 6.45) is 7.36. The largest absolute Gasteiger partial charge is 0.508 e. The van der Waals surface area contributed by atoms with Gasteiger partial charge in [0.1, 0.15) is 5.75 Å². The molecule has 0 spiro atoms. The number of aliphatic hydroxyl groups excluding tert-OH is 1. The van der Waals surface area contributed by atoms with Crippen LogP contribution in [0, 0.1) is 16.7 Å². The molecule has 3 saturated carbocycles. The fraction of sp³-hybridized carbons (Fsp3) is 0.714. The quantitative estimate of drug-likeness (QED) is 0.683. The molecule has 0 aromatic heterocycles. The minimum absolute atomic E-state index is 0.146. The van der Waals surface area contributed by atoms with E-state index >= 15 is 0 Å². The van der Waals surface area contributed by atoms with E-state index in [1.807, 2.05) is 12.1 Å². The second kappa shape index (κ2) is 4.56. The van der Waals surface area contributed by atoms with Gasteiger partial charge >= 0.3 is 0 Å². The molecule has 1 aromatic rings. The van der Waals surface area contributed by atoms with Crippen molar-refractivity contribution < 1.29 is 15.3 Å². The van der Waals surface area contributed by atoms with Crippen molar-refractivity contribution in [3.05, 3.63) is 29.3 Å². The van der Waals surface area contributed by atoms with E-state index in [0.29, 0.717) is 17.6 Å². The minimum atomic E-state index is -0.883. The van der Waals surface area contributed by atoms with Gasteiger partial charge in [0.05, 0.1) is 11.7 Å². The zero-order chi connectivity index (χ0) is 16.7. The van der Waals surface area contributed by atoms with Gasteiger partial charge in [0.2, 0.25) is 0 Å². The Bertz CT molecular complexity index is 696. The molecule has 3 nitrogen and oxygen atoms in total. The molecular weight excluding hydrogens is 300 g/mol. The van der Waals surface area contributed by atoms with Crippen LogP contribution in [0.2, 0.25) is 0 Å². The van der Waals surface area contributed by atoms with Gasteiger partial charge in [-0.1, -0.05) is 13.0 Å². The van der Waals surface area contributed by atoms with Crippen molar-refractivity contribution in [3.63, 3.8) is 0 Å². The summed E-state index contributed by atoms with van der Waals surface area (Å²) in [5, 5.41) is 31.8. The van der Waals surface area contributed by atoms with Gasteiger partial charge in [-0.15, -0.1) is 0 Å². The number of phenols is 1. The highest BCUT2D eigenvalue weighted by Gasteiger charge is 2.73. The fourth-order valence-corrected chi connectivity index (χ4v) is 7.57. The molecule has 4 aliphatic rings. The standard InChI is InChI=1S/C21H28O3/c1-19-8-6-16-15-4-3-14(22)12-13(15)2-5-17(16)20(19)9-7-18(23)21(19,24)11-10-20/h3-4,12,16-18,22-24H,2,5-11H2,1H3/t16-,17-,18+,19+,20-,21+/m1/s1. The zero-order valence-electron chi connectivity index (χ0n) is 14.5. The lowest BCUT2D eigenvalue weighted by Crippen LogP contribution is -2.64. The molecule has 130 valence electrons. The highest BCUT2D eigenvalue weighted by molar-refractivity contribution is 5.41. The van der Waals surface area contributed by atoms with Crippen LogP contribution in [-0.2, 0) is 6.42 Å². The lowest BCUT2D eigenvalue weighted by atomic mass is 9.42. The van der Waals surface area contributed by atoms with Gasteiger partial charge < -0.3 is 15.3 Å². The molecular formula is C21H28O3. The first-order valence-corrected chi connectivity index (χ1v) is 9.64. The third-order valence-corrected chi connectivity index (χ3v) is 8.82. The Labute approximate surface area is 143 Å². The van der Waals surface area contributed by atoms with Gasteiger partial charge in [-0.2, -0.15) is 0 Å². The number of hydrogen-bond acceptors (Lipinski definition) is 3. The van der Waals surface area contributed by atoms with E-state index in [-0.39, 0.29) is 10.8 Å². The SMILES string of the molecule is C[C@]12CC[C@@H]3c4ccc(O)cc4CC[C@H]3[C@]13CC[C@H](O)[C@@]2(O)CC3. The summed E-state index contributed by atoms with van der Waals surface area (Å²) < 4.78 is 0. The predicted molar refractivity (Wildman–Crippen MR) is 91.9 cm³/mol. The number of aryl methyl sites for hydroxylation is 1. The molecule has 0 heterocycles.